The van der Waals surface area contributed by atoms with Gasteiger partial charge in [-0.1, -0.05) is 82.6 Å². The molecule has 230 valence electrons. The van der Waals surface area contributed by atoms with Gasteiger partial charge in [-0.3, -0.25) is 4.79 Å². The number of carboxylic acids is 1. The second-order valence-corrected chi connectivity index (χ2v) is 13.0. The molecule has 1 unspecified atom stereocenters. The summed E-state index contributed by atoms with van der Waals surface area (Å²) in [4.78, 5) is 11.5. The standard InChI is InChI=1S/C36H42O5.C2H6/c1-35(2)16-6-11-33(35)32-19-24(12-15-30(32)26-7-4-9-28(20-26)36(3)40-17-18-41-36)23-39-29-10-5-8-27(21-29)31(22-34(37)38)25-13-14-25;1-2/h4-5,7-10,12,15,19-21,25,31,33H,6,11,13-14,16-18,22-23H2,1-3H3,(H,37,38);1-2H3/t31?,33-;/m1./s1. The number of hydrogen-bond acceptors (Lipinski definition) is 4. The Bertz CT molecular complexity index is 1400. The molecule has 0 amide bonds. The van der Waals surface area contributed by atoms with Crippen molar-refractivity contribution in [2.24, 2.45) is 11.3 Å². The van der Waals surface area contributed by atoms with Gasteiger partial charge in [0.05, 0.1) is 19.6 Å². The summed E-state index contributed by atoms with van der Waals surface area (Å²) in [6.07, 6.45) is 6.04. The van der Waals surface area contributed by atoms with Crippen molar-refractivity contribution in [3.63, 3.8) is 0 Å². The van der Waals surface area contributed by atoms with Crippen molar-refractivity contribution in [2.75, 3.05) is 13.2 Å². The zero-order chi connectivity index (χ0) is 30.6. The first-order valence-corrected chi connectivity index (χ1v) is 16.2. The van der Waals surface area contributed by atoms with Crippen molar-refractivity contribution in [3.8, 4) is 16.9 Å². The molecule has 43 heavy (non-hydrogen) atoms. The van der Waals surface area contributed by atoms with E-state index in [4.69, 9.17) is 14.2 Å². The summed E-state index contributed by atoms with van der Waals surface area (Å²) in [7, 11) is 0. The molecule has 3 fully saturated rings. The molecule has 1 N–H and O–H groups in total. The molecule has 5 nitrogen and oxygen atoms in total. The number of rotatable bonds is 10. The van der Waals surface area contributed by atoms with E-state index in [2.05, 4.69) is 56.3 Å². The van der Waals surface area contributed by atoms with Crippen molar-refractivity contribution in [1.82, 2.24) is 0 Å². The lowest BCUT2D eigenvalue weighted by molar-refractivity contribution is -0.149. The molecule has 1 aliphatic heterocycles. The fourth-order valence-corrected chi connectivity index (χ4v) is 7.05. The van der Waals surface area contributed by atoms with Crippen molar-refractivity contribution in [2.45, 2.75) is 97.4 Å². The molecule has 0 bridgehead atoms. The molecule has 2 aliphatic carbocycles. The molecular formula is C38H48O5. The highest BCUT2D eigenvalue weighted by Crippen LogP contribution is 2.51. The van der Waals surface area contributed by atoms with Crippen molar-refractivity contribution in [1.29, 1.82) is 0 Å². The largest absolute Gasteiger partial charge is 0.489 e. The smallest absolute Gasteiger partial charge is 0.303 e. The van der Waals surface area contributed by atoms with Gasteiger partial charge in [0.1, 0.15) is 12.4 Å². The average molecular weight is 585 g/mol. The van der Waals surface area contributed by atoms with Crippen molar-refractivity contribution in [3.05, 3.63) is 89.0 Å². The van der Waals surface area contributed by atoms with Crippen LogP contribution in [-0.2, 0) is 26.7 Å². The van der Waals surface area contributed by atoms with Gasteiger partial charge in [-0.05, 0) is 102 Å². The zero-order valence-electron chi connectivity index (χ0n) is 26.5. The third-order valence-corrected chi connectivity index (χ3v) is 9.56. The molecule has 5 heteroatoms. The average Bonchev–Trinajstić information content (AvgIpc) is 3.66. The molecule has 1 saturated heterocycles. The van der Waals surface area contributed by atoms with E-state index in [0.717, 1.165) is 35.3 Å². The number of benzene rings is 3. The van der Waals surface area contributed by atoms with E-state index in [1.165, 1.54) is 36.0 Å². The van der Waals surface area contributed by atoms with Gasteiger partial charge in [-0.15, -0.1) is 0 Å². The number of ether oxygens (including phenoxy) is 3. The monoisotopic (exact) mass is 584 g/mol. The first-order valence-electron chi connectivity index (χ1n) is 16.2. The number of aliphatic carboxylic acids is 1. The maximum absolute atomic E-state index is 11.5. The van der Waals surface area contributed by atoms with Crippen LogP contribution in [0.4, 0.5) is 0 Å². The predicted molar refractivity (Wildman–Crippen MR) is 171 cm³/mol. The van der Waals surface area contributed by atoms with E-state index in [0.29, 0.717) is 31.7 Å². The normalized spacial score (nSPS) is 21.1. The topological polar surface area (TPSA) is 65.0 Å². The van der Waals surface area contributed by atoms with Gasteiger partial charge >= 0.3 is 5.97 Å². The summed E-state index contributed by atoms with van der Waals surface area (Å²) in [5.74, 6) is 0.355. The molecule has 2 saturated carbocycles. The first kappa shape index (κ1) is 31.3. The molecule has 0 radical (unpaired) electrons. The Kier molecular flexibility index (Phi) is 9.63. The van der Waals surface area contributed by atoms with Crippen LogP contribution in [0.1, 0.15) is 107 Å². The summed E-state index contributed by atoms with van der Waals surface area (Å²) in [6.45, 7) is 12.5. The SMILES string of the molecule is CC.CC1(c2cccc(-c3ccc(COc4cccc(C(CC(=O)O)C5CC5)c4)cc3[C@H]3CCCC3(C)C)c2)OCCO1. The summed E-state index contributed by atoms with van der Waals surface area (Å²) >= 11 is 0. The molecule has 6 rings (SSSR count). The molecular weight excluding hydrogens is 536 g/mol. The molecule has 0 aromatic heterocycles. The van der Waals surface area contributed by atoms with Gasteiger partial charge in [0.15, 0.2) is 5.79 Å². The quantitative estimate of drug-likeness (QED) is 0.257. The zero-order valence-corrected chi connectivity index (χ0v) is 26.5. The first-order chi connectivity index (χ1) is 20.7. The highest BCUT2D eigenvalue weighted by Gasteiger charge is 2.38. The summed E-state index contributed by atoms with van der Waals surface area (Å²) in [5.41, 5.74) is 7.32. The lowest BCUT2D eigenvalue weighted by atomic mass is 9.75. The van der Waals surface area contributed by atoms with Crippen LogP contribution in [0.25, 0.3) is 11.1 Å². The molecule has 3 aliphatic rings. The maximum atomic E-state index is 11.5. The van der Waals surface area contributed by atoms with Gasteiger partial charge in [0.25, 0.3) is 0 Å². The molecule has 3 aromatic rings. The van der Waals surface area contributed by atoms with Crippen LogP contribution in [0.3, 0.4) is 0 Å². The molecule has 0 spiro atoms. The summed E-state index contributed by atoms with van der Waals surface area (Å²) in [5, 5.41) is 9.44. The fourth-order valence-electron chi connectivity index (χ4n) is 7.05. The van der Waals surface area contributed by atoms with Crippen molar-refractivity contribution >= 4 is 5.97 Å². The minimum Gasteiger partial charge on any atom is -0.489 e. The van der Waals surface area contributed by atoms with Gasteiger partial charge in [0.2, 0.25) is 0 Å². The van der Waals surface area contributed by atoms with Gasteiger partial charge in [-0.2, -0.15) is 0 Å². The summed E-state index contributed by atoms with van der Waals surface area (Å²) < 4.78 is 18.3. The van der Waals surface area contributed by atoms with E-state index < -0.39 is 11.8 Å². The second-order valence-electron chi connectivity index (χ2n) is 13.0. The fraction of sp³-hybridized carbons (Fsp3) is 0.500. The van der Waals surface area contributed by atoms with E-state index in [-0.39, 0.29) is 17.8 Å². The van der Waals surface area contributed by atoms with Crippen molar-refractivity contribution < 1.29 is 24.1 Å². The third kappa shape index (κ3) is 7.16. The second kappa shape index (κ2) is 13.2. The lowest BCUT2D eigenvalue weighted by Crippen LogP contribution is -2.22. The van der Waals surface area contributed by atoms with Crippen LogP contribution in [-0.4, -0.2) is 24.3 Å². The predicted octanol–water partition coefficient (Wildman–Crippen LogP) is 9.44. The van der Waals surface area contributed by atoms with Crippen LogP contribution >= 0.6 is 0 Å². The molecule has 1 heterocycles. The number of carboxylic acid groups (broad SMARTS) is 1. The molecule has 2 atom stereocenters. The minimum absolute atomic E-state index is 0.0598. The third-order valence-electron chi connectivity index (χ3n) is 9.56. The molecule has 3 aromatic carbocycles. The number of carbonyl (C=O) groups is 1. The Balaban J connectivity index is 0.00000180. The van der Waals surface area contributed by atoms with E-state index in [1.807, 2.05) is 45.0 Å². The minimum atomic E-state index is -0.737. The van der Waals surface area contributed by atoms with Gasteiger partial charge in [-0.25, -0.2) is 0 Å². The Hall–Kier alpha value is -3.15. The summed E-state index contributed by atoms with van der Waals surface area (Å²) in [6, 6.07) is 23.5. The van der Waals surface area contributed by atoms with E-state index in [1.54, 1.807) is 0 Å². The Morgan fingerprint density at radius 1 is 0.953 bits per heavy atom. The van der Waals surface area contributed by atoms with Crippen LogP contribution in [0, 0.1) is 11.3 Å². The van der Waals surface area contributed by atoms with Crippen LogP contribution in [0.5, 0.6) is 5.75 Å². The van der Waals surface area contributed by atoms with Gasteiger partial charge in [0, 0.05) is 5.56 Å². The van der Waals surface area contributed by atoms with Crippen LogP contribution < -0.4 is 4.74 Å². The lowest BCUT2D eigenvalue weighted by Gasteiger charge is -2.30. The van der Waals surface area contributed by atoms with Crippen LogP contribution in [0.2, 0.25) is 0 Å². The maximum Gasteiger partial charge on any atom is 0.303 e. The Labute approximate surface area is 257 Å². The highest BCUT2D eigenvalue weighted by molar-refractivity contribution is 5.70. The Morgan fingerprint density at radius 2 is 1.70 bits per heavy atom. The van der Waals surface area contributed by atoms with E-state index in [9.17, 15) is 9.90 Å². The van der Waals surface area contributed by atoms with Crippen LogP contribution in [0.15, 0.2) is 66.7 Å². The Morgan fingerprint density at radius 3 is 2.37 bits per heavy atom. The van der Waals surface area contributed by atoms with Gasteiger partial charge < -0.3 is 19.3 Å². The van der Waals surface area contributed by atoms with E-state index >= 15 is 0 Å². The number of hydrogen-bond donors (Lipinski definition) is 1. The highest BCUT2D eigenvalue weighted by atomic mass is 16.7.